The molecule has 0 saturated heterocycles. The van der Waals surface area contributed by atoms with Crippen molar-refractivity contribution in [2.24, 2.45) is 0 Å². The van der Waals surface area contributed by atoms with Gasteiger partial charge in [-0.2, -0.15) is 0 Å². The van der Waals surface area contributed by atoms with Gasteiger partial charge in [0.2, 0.25) is 0 Å². The third-order valence-electron chi connectivity index (χ3n) is 4.66. The normalized spacial score (nSPS) is 16.6. The van der Waals surface area contributed by atoms with E-state index in [2.05, 4.69) is 10.3 Å². The monoisotopic (exact) mass is 357 g/mol. The smallest absolute Gasteiger partial charge is 0.269 e. The van der Waals surface area contributed by atoms with Crippen LogP contribution < -0.4 is 10.1 Å². The van der Waals surface area contributed by atoms with E-state index in [0.29, 0.717) is 10.6 Å². The average molecular weight is 358 g/mol. The van der Waals surface area contributed by atoms with E-state index in [9.17, 15) is 10.1 Å². The summed E-state index contributed by atoms with van der Waals surface area (Å²) in [4.78, 5) is 14.2. The number of benzene rings is 2. The van der Waals surface area contributed by atoms with Gasteiger partial charge in [0.15, 0.2) is 0 Å². The number of aromatic nitrogens is 1. The molecule has 2 N–H and O–H groups in total. The molecule has 0 aliphatic carbocycles. The maximum absolute atomic E-state index is 11.1. The largest absolute Gasteiger partial charge is 0.497 e. The summed E-state index contributed by atoms with van der Waals surface area (Å²) >= 11 is 6.35. The van der Waals surface area contributed by atoms with Gasteiger partial charge in [0.1, 0.15) is 5.75 Å². The predicted octanol–water partition coefficient (Wildman–Crippen LogP) is 3.97. The summed E-state index contributed by atoms with van der Waals surface area (Å²) in [5.74, 6) is 0.803. The first kappa shape index (κ1) is 15.9. The number of rotatable bonds is 3. The number of hydrogen-bond acceptors (Lipinski definition) is 4. The number of ether oxygens (including phenoxy) is 1. The van der Waals surface area contributed by atoms with Crippen LogP contribution in [-0.4, -0.2) is 23.6 Å². The number of aromatic amines is 1. The molecule has 128 valence electrons. The molecule has 6 nitrogen and oxygen atoms in total. The molecule has 4 rings (SSSR count). The van der Waals surface area contributed by atoms with Crippen molar-refractivity contribution in [3.05, 3.63) is 68.4 Å². The predicted molar refractivity (Wildman–Crippen MR) is 96.5 cm³/mol. The molecule has 0 saturated carbocycles. The maximum atomic E-state index is 11.1. The van der Waals surface area contributed by atoms with Crippen LogP contribution >= 0.6 is 11.6 Å². The molecule has 1 aliphatic heterocycles. The first-order valence-electron chi connectivity index (χ1n) is 7.94. The molecular weight excluding hydrogens is 342 g/mol. The molecule has 0 spiro atoms. The van der Waals surface area contributed by atoms with Crippen molar-refractivity contribution in [3.63, 3.8) is 0 Å². The van der Waals surface area contributed by atoms with E-state index >= 15 is 0 Å². The van der Waals surface area contributed by atoms with Crippen LogP contribution in [0.3, 0.4) is 0 Å². The van der Waals surface area contributed by atoms with Gasteiger partial charge >= 0.3 is 0 Å². The number of methoxy groups -OCH3 is 1. The first-order chi connectivity index (χ1) is 12.1. The van der Waals surface area contributed by atoms with Gasteiger partial charge in [-0.1, -0.05) is 11.6 Å². The Morgan fingerprint density at radius 3 is 2.88 bits per heavy atom. The van der Waals surface area contributed by atoms with Gasteiger partial charge in [-0.15, -0.1) is 0 Å². The summed E-state index contributed by atoms with van der Waals surface area (Å²) in [6.07, 6.45) is 0.867. The lowest BCUT2D eigenvalue weighted by Crippen LogP contribution is -2.30. The summed E-state index contributed by atoms with van der Waals surface area (Å²) < 4.78 is 5.33. The van der Waals surface area contributed by atoms with Crippen LogP contribution in [0.15, 0.2) is 36.4 Å². The third kappa shape index (κ3) is 2.63. The fraction of sp³-hybridized carbons (Fsp3) is 0.222. The number of hydrogen-bond donors (Lipinski definition) is 2. The van der Waals surface area contributed by atoms with Crippen LogP contribution in [0.25, 0.3) is 10.9 Å². The minimum atomic E-state index is -0.403. The van der Waals surface area contributed by atoms with Crippen molar-refractivity contribution in [2.75, 3.05) is 13.7 Å². The number of halogens is 1. The van der Waals surface area contributed by atoms with Crippen LogP contribution in [0.1, 0.15) is 22.9 Å². The highest BCUT2D eigenvalue weighted by atomic mass is 35.5. The Morgan fingerprint density at radius 1 is 1.28 bits per heavy atom. The fourth-order valence-electron chi connectivity index (χ4n) is 3.47. The summed E-state index contributed by atoms with van der Waals surface area (Å²) in [5.41, 5.74) is 3.94. The zero-order valence-electron chi connectivity index (χ0n) is 13.5. The highest BCUT2D eigenvalue weighted by Crippen LogP contribution is 2.38. The topological polar surface area (TPSA) is 80.2 Å². The van der Waals surface area contributed by atoms with Gasteiger partial charge < -0.3 is 15.0 Å². The Hall–Kier alpha value is -2.57. The second-order valence-electron chi connectivity index (χ2n) is 6.03. The molecule has 0 fully saturated rings. The standard InChI is InChI=1S/C18H16ClN3O3/c1-25-11-3-5-16-13(9-11)12-6-7-20-17(18(12)21-16)14-8-10(22(23)24)2-4-15(14)19/h2-5,8-9,17,20-21H,6-7H2,1H3/t17-/m0/s1. The Kier molecular flexibility index (Phi) is 3.86. The molecule has 1 aliphatic rings. The SMILES string of the molecule is COc1ccc2[nH]c3c(c2c1)CCN[C@H]3c1cc([N+](=O)[O-])ccc1Cl. The molecule has 2 aromatic carbocycles. The number of nitro groups is 1. The van der Waals surface area contributed by atoms with E-state index in [1.54, 1.807) is 19.2 Å². The molecule has 7 heteroatoms. The summed E-state index contributed by atoms with van der Waals surface area (Å²) in [6, 6.07) is 10.2. The Morgan fingerprint density at radius 2 is 2.12 bits per heavy atom. The minimum Gasteiger partial charge on any atom is -0.497 e. The van der Waals surface area contributed by atoms with E-state index in [1.807, 2.05) is 18.2 Å². The fourth-order valence-corrected chi connectivity index (χ4v) is 3.69. The van der Waals surface area contributed by atoms with E-state index < -0.39 is 4.92 Å². The number of nitrogens with one attached hydrogen (secondary N) is 2. The second-order valence-corrected chi connectivity index (χ2v) is 6.44. The second kappa shape index (κ2) is 6.06. The quantitative estimate of drug-likeness (QED) is 0.549. The summed E-state index contributed by atoms with van der Waals surface area (Å²) in [6.45, 7) is 0.765. The van der Waals surface area contributed by atoms with E-state index in [-0.39, 0.29) is 11.7 Å². The van der Waals surface area contributed by atoms with Gasteiger partial charge in [0.25, 0.3) is 5.69 Å². The Labute approximate surface area is 148 Å². The van der Waals surface area contributed by atoms with E-state index in [4.69, 9.17) is 16.3 Å². The van der Waals surface area contributed by atoms with Crippen molar-refractivity contribution in [1.29, 1.82) is 0 Å². The van der Waals surface area contributed by atoms with Crippen molar-refractivity contribution in [2.45, 2.75) is 12.5 Å². The minimum absolute atomic E-state index is 0.0334. The number of nitro benzene ring substituents is 1. The van der Waals surface area contributed by atoms with Crippen molar-refractivity contribution >= 4 is 28.2 Å². The molecular formula is C18H16ClN3O3. The molecule has 0 radical (unpaired) electrons. The highest BCUT2D eigenvalue weighted by molar-refractivity contribution is 6.31. The Bertz CT molecular complexity index is 983. The van der Waals surface area contributed by atoms with Gasteiger partial charge in [-0.3, -0.25) is 10.1 Å². The van der Waals surface area contributed by atoms with Crippen LogP contribution in [0.4, 0.5) is 5.69 Å². The lowest BCUT2D eigenvalue weighted by atomic mass is 9.94. The van der Waals surface area contributed by atoms with Crippen LogP contribution in [0.5, 0.6) is 5.75 Å². The molecule has 1 aromatic heterocycles. The van der Waals surface area contributed by atoms with Gasteiger partial charge in [0.05, 0.1) is 18.1 Å². The number of fused-ring (bicyclic) bond motifs is 3. The van der Waals surface area contributed by atoms with Crippen molar-refractivity contribution in [3.8, 4) is 5.75 Å². The number of nitrogens with zero attached hydrogens (tertiary/aromatic N) is 1. The van der Waals surface area contributed by atoms with Crippen LogP contribution in [0, 0.1) is 10.1 Å². The van der Waals surface area contributed by atoms with Gasteiger partial charge in [-0.25, -0.2) is 0 Å². The van der Waals surface area contributed by atoms with Gasteiger partial charge in [0, 0.05) is 45.9 Å². The lowest BCUT2D eigenvalue weighted by Gasteiger charge is -2.25. The van der Waals surface area contributed by atoms with Gasteiger partial charge in [-0.05, 0) is 36.2 Å². The average Bonchev–Trinajstić information content (AvgIpc) is 2.99. The third-order valence-corrected chi connectivity index (χ3v) is 5.00. The highest BCUT2D eigenvalue weighted by Gasteiger charge is 2.28. The molecule has 1 atom stereocenters. The van der Waals surface area contributed by atoms with Crippen LogP contribution in [0.2, 0.25) is 5.02 Å². The molecule has 3 aromatic rings. The van der Waals surface area contributed by atoms with E-state index in [0.717, 1.165) is 35.3 Å². The molecule has 25 heavy (non-hydrogen) atoms. The molecule has 2 heterocycles. The molecule has 0 unspecified atom stereocenters. The number of H-pyrrole nitrogens is 1. The summed E-state index contributed by atoms with van der Waals surface area (Å²) in [5, 5.41) is 16.2. The maximum Gasteiger partial charge on any atom is 0.269 e. The van der Waals surface area contributed by atoms with Crippen LogP contribution in [-0.2, 0) is 6.42 Å². The molecule has 0 amide bonds. The first-order valence-corrected chi connectivity index (χ1v) is 8.32. The van der Waals surface area contributed by atoms with E-state index in [1.165, 1.54) is 11.6 Å². The number of non-ortho nitro benzene ring substituents is 1. The Balaban J connectivity index is 1.88. The van der Waals surface area contributed by atoms with Crippen molar-refractivity contribution in [1.82, 2.24) is 10.3 Å². The summed E-state index contributed by atoms with van der Waals surface area (Å²) in [7, 11) is 1.65. The zero-order chi connectivity index (χ0) is 17.6. The van der Waals surface area contributed by atoms with Crippen molar-refractivity contribution < 1.29 is 9.66 Å². The zero-order valence-corrected chi connectivity index (χ0v) is 14.3. The lowest BCUT2D eigenvalue weighted by molar-refractivity contribution is -0.384. The molecule has 0 bridgehead atoms.